The zero-order chi connectivity index (χ0) is 17.6. The van der Waals surface area contributed by atoms with E-state index in [2.05, 4.69) is 22.6 Å². The van der Waals surface area contributed by atoms with Gasteiger partial charge < -0.3 is 4.74 Å². The summed E-state index contributed by atoms with van der Waals surface area (Å²) in [4.78, 5) is 26.6. The van der Waals surface area contributed by atoms with Crippen LogP contribution in [0.2, 0.25) is 0 Å². The van der Waals surface area contributed by atoms with Crippen LogP contribution in [0.1, 0.15) is 9.67 Å². The number of para-hydroxylation sites is 1. The number of benzene rings is 2. The van der Waals surface area contributed by atoms with Crippen LogP contribution in [0.4, 0.5) is 0 Å². The predicted octanol–water partition coefficient (Wildman–Crippen LogP) is 4.60. The molecule has 2 heterocycles. The molecule has 4 nitrogen and oxygen atoms in total. The molecule has 0 atom stereocenters. The number of thiophene rings is 1. The number of carbonyl (C=O) groups excluding carboxylic acids is 1. The van der Waals surface area contributed by atoms with E-state index in [9.17, 15) is 9.59 Å². The molecule has 0 unspecified atom stereocenters. The SMILES string of the molecule is COC(=O)c1sc2c(c1I)c1ccccc1c(=O)n2-c1ccccc1. The van der Waals surface area contributed by atoms with Crippen molar-refractivity contribution >= 4 is 60.9 Å². The van der Waals surface area contributed by atoms with E-state index in [1.807, 2.05) is 54.6 Å². The van der Waals surface area contributed by atoms with Crippen LogP contribution < -0.4 is 5.56 Å². The van der Waals surface area contributed by atoms with Gasteiger partial charge in [0.2, 0.25) is 0 Å². The number of nitrogens with zero attached hydrogens (tertiary/aromatic N) is 1. The molecule has 0 aliphatic heterocycles. The first-order valence-electron chi connectivity index (χ1n) is 7.53. The first-order chi connectivity index (χ1) is 12.1. The summed E-state index contributed by atoms with van der Waals surface area (Å²) in [6.07, 6.45) is 0. The number of ether oxygens (including phenoxy) is 1. The standard InChI is InChI=1S/C19H12INO3S/c1-24-19(23)16-15(20)14-12-9-5-6-10-13(12)17(22)21(18(14)25-16)11-7-3-2-4-8-11/h2-10H,1H3. The maximum atomic E-state index is 13.2. The third kappa shape index (κ3) is 2.47. The van der Waals surface area contributed by atoms with Gasteiger partial charge in [0, 0.05) is 14.3 Å². The van der Waals surface area contributed by atoms with Crippen LogP contribution in [0.5, 0.6) is 0 Å². The van der Waals surface area contributed by atoms with Crippen molar-refractivity contribution in [3.05, 3.63) is 73.4 Å². The zero-order valence-electron chi connectivity index (χ0n) is 13.2. The van der Waals surface area contributed by atoms with E-state index >= 15 is 0 Å². The molecule has 6 heteroatoms. The van der Waals surface area contributed by atoms with Crippen molar-refractivity contribution in [1.82, 2.24) is 4.57 Å². The Balaban J connectivity index is 2.26. The van der Waals surface area contributed by atoms with Gasteiger partial charge in [0.1, 0.15) is 9.71 Å². The Hall–Kier alpha value is -2.19. The molecule has 4 aromatic rings. The summed E-state index contributed by atoms with van der Waals surface area (Å²) in [5, 5.41) is 2.39. The highest BCUT2D eigenvalue weighted by Crippen LogP contribution is 2.37. The average molecular weight is 461 g/mol. The van der Waals surface area contributed by atoms with E-state index in [0.29, 0.717) is 10.3 Å². The van der Waals surface area contributed by atoms with Gasteiger partial charge in [-0.1, -0.05) is 36.4 Å². The fourth-order valence-electron chi connectivity index (χ4n) is 2.93. The molecule has 0 aliphatic carbocycles. The van der Waals surface area contributed by atoms with Crippen molar-refractivity contribution in [3.8, 4) is 5.69 Å². The lowest BCUT2D eigenvalue weighted by Gasteiger charge is -2.10. The van der Waals surface area contributed by atoms with Gasteiger partial charge in [-0.15, -0.1) is 11.3 Å². The van der Waals surface area contributed by atoms with Crippen molar-refractivity contribution < 1.29 is 9.53 Å². The van der Waals surface area contributed by atoms with Gasteiger partial charge in [0.15, 0.2) is 0 Å². The summed E-state index contributed by atoms with van der Waals surface area (Å²) >= 11 is 3.45. The number of fused-ring (bicyclic) bond motifs is 3. The summed E-state index contributed by atoms with van der Waals surface area (Å²) in [5.74, 6) is -0.387. The second kappa shape index (κ2) is 6.27. The van der Waals surface area contributed by atoms with Gasteiger partial charge in [-0.05, 0) is 46.2 Å². The lowest BCUT2D eigenvalue weighted by Crippen LogP contribution is -2.18. The number of halogens is 1. The van der Waals surface area contributed by atoms with Crippen LogP contribution in [0.25, 0.3) is 26.7 Å². The van der Waals surface area contributed by atoms with Crippen LogP contribution in [0, 0.1) is 3.57 Å². The van der Waals surface area contributed by atoms with Gasteiger partial charge in [0.05, 0.1) is 12.8 Å². The molecule has 0 saturated carbocycles. The number of hydrogen-bond acceptors (Lipinski definition) is 4. The molecule has 25 heavy (non-hydrogen) atoms. The normalized spacial score (nSPS) is 11.1. The highest BCUT2D eigenvalue weighted by molar-refractivity contribution is 14.1. The lowest BCUT2D eigenvalue weighted by molar-refractivity contribution is 0.0605. The van der Waals surface area contributed by atoms with Crippen molar-refractivity contribution in [2.75, 3.05) is 7.11 Å². The van der Waals surface area contributed by atoms with E-state index in [0.717, 1.165) is 24.9 Å². The Morgan fingerprint density at radius 1 is 1.04 bits per heavy atom. The van der Waals surface area contributed by atoms with Gasteiger partial charge in [-0.25, -0.2) is 4.79 Å². The van der Waals surface area contributed by atoms with Gasteiger partial charge in [0.25, 0.3) is 5.56 Å². The number of esters is 1. The summed E-state index contributed by atoms with van der Waals surface area (Å²) in [7, 11) is 1.37. The minimum Gasteiger partial charge on any atom is -0.465 e. The fourth-order valence-corrected chi connectivity index (χ4v) is 5.35. The van der Waals surface area contributed by atoms with Crippen LogP contribution in [-0.2, 0) is 4.74 Å². The molecule has 4 rings (SSSR count). The molecular formula is C19H12INO3S. The topological polar surface area (TPSA) is 48.3 Å². The summed E-state index contributed by atoms with van der Waals surface area (Å²) < 4.78 is 7.40. The monoisotopic (exact) mass is 461 g/mol. The molecule has 0 bridgehead atoms. The molecule has 0 saturated heterocycles. The fraction of sp³-hybridized carbons (Fsp3) is 0.0526. The van der Waals surface area contributed by atoms with E-state index in [1.165, 1.54) is 18.4 Å². The Morgan fingerprint density at radius 2 is 1.68 bits per heavy atom. The smallest absolute Gasteiger partial charge is 0.349 e. The number of hydrogen-bond donors (Lipinski definition) is 0. The molecular weight excluding hydrogens is 449 g/mol. The van der Waals surface area contributed by atoms with E-state index < -0.39 is 0 Å². The molecule has 0 amide bonds. The Kier molecular flexibility index (Phi) is 4.09. The average Bonchev–Trinajstić information content (AvgIpc) is 2.99. The van der Waals surface area contributed by atoms with Gasteiger partial charge in [-0.2, -0.15) is 0 Å². The third-order valence-electron chi connectivity index (χ3n) is 4.05. The Bertz CT molecular complexity index is 1180. The van der Waals surface area contributed by atoms with E-state index in [4.69, 9.17) is 4.74 Å². The van der Waals surface area contributed by atoms with Crippen LogP contribution in [-0.4, -0.2) is 17.6 Å². The van der Waals surface area contributed by atoms with Crippen LogP contribution >= 0.6 is 33.9 Å². The highest BCUT2D eigenvalue weighted by Gasteiger charge is 2.23. The van der Waals surface area contributed by atoms with Gasteiger partial charge >= 0.3 is 5.97 Å². The predicted molar refractivity (Wildman–Crippen MR) is 109 cm³/mol. The second-order valence-corrected chi connectivity index (χ2v) is 7.52. The van der Waals surface area contributed by atoms with Crippen molar-refractivity contribution in [1.29, 1.82) is 0 Å². The van der Waals surface area contributed by atoms with Crippen molar-refractivity contribution in [3.63, 3.8) is 0 Å². The molecule has 0 radical (unpaired) electrons. The summed E-state index contributed by atoms with van der Waals surface area (Å²) in [6.45, 7) is 0. The maximum Gasteiger partial charge on any atom is 0.349 e. The summed E-state index contributed by atoms with van der Waals surface area (Å²) in [5.41, 5.74) is 0.681. The lowest BCUT2D eigenvalue weighted by atomic mass is 10.1. The molecule has 0 aliphatic rings. The molecule has 0 fully saturated rings. The van der Waals surface area contributed by atoms with Crippen molar-refractivity contribution in [2.24, 2.45) is 0 Å². The van der Waals surface area contributed by atoms with E-state index in [-0.39, 0.29) is 11.5 Å². The maximum absolute atomic E-state index is 13.2. The Labute approximate surface area is 160 Å². The summed E-state index contributed by atoms with van der Waals surface area (Å²) in [6, 6.07) is 17.0. The van der Waals surface area contributed by atoms with E-state index in [1.54, 1.807) is 4.57 Å². The minimum atomic E-state index is -0.387. The number of rotatable bonds is 2. The van der Waals surface area contributed by atoms with Crippen LogP contribution in [0.3, 0.4) is 0 Å². The molecule has 2 aromatic carbocycles. The highest BCUT2D eigenvalue weighted by atomic mass is 127. The number of pyridine rings is 1. The molecule has 124 valence electrons. The third-order valence-corrected chi connectivity index (χ3v) is 6.65. The number of aromatic nitrogens is 1. The number of methoxy groups -OCH3 is 1. The van der Waals surface area contributed by atoms with Gasteiger partial charge in [-0.3, -0.25) is 9.36 Å². The minimum absolute atomic E-state index is 0.0941. The Morgan fingerprint density at radius 3 is 2.36 bits per heavy atom. The molecule has 2 aromatic heterocycles. The first-order valence-corrected chi connectivity index (χ1v) is 9.42. The van der Waals surface area contributed by atoms with Crippen molar-refractivity contribution in [2.45, 2.75) is 0 Å². The first kappa shape index (κ1) is 16.3. The largest absolute Gasteiger partial charge is 0.465 e. The molecule has 0 spiro atoms. The number of carbonyl (C=O) groups is 1. The second-order valence-electron chi connectivity index (χ2n) is 5.44. The zero-order valence-corrected chi connectivity index (χ0v) is 16.1. The molecule has 0 N–H and O–H groups in total. The quantitative estimate of drug-likeness (QED) is 0.324. The van der Waals surface area contributed by atoms with Crippen LogP contribution in [0.15, 0.2) is 59.4 Å².